The predicted octanol–water partition coefficient (Wildman–Crippen LogP) is 3.90. The first-order valence-electron chi connectivity index (χ1n) is 9.40. The van der Waals surface area contributed by atoms with E-state index in [1.165, 1.54) is 44.9 Å². The largest absolute Gasteiger partial charge is 0.461 e. The third-order valence-electron chi connectivity index (χ3n) is 6.60. The molecule has 24 heavy (non-hydrogen) atoms. The molecule has 0 aromatic carbocycles. The van der Waals surface area contributed by atoms with Crippen molar-refractivity contribution in [1.82, 2.24) is 0 Å². The number of ether oxygens (including phenoxy) is 1. The van der Waals surface area contributed by atoms with Crippen LogP contribution >= 0.6 is 0 Å². The molecule has 1 heterocycles. The number of hydrogen-bond donors (Lipinski definition) is 1. The van der Waals surface area contributed by atoms with Crippen molar-refractivity contribution in [2.75, 3.05) is 6.61 Å². The van der Waals surface area contributed by atoms with Crippen LogP contribution in [0.4, 0.5) is 4.79 Å². The molecule has 3 saturated carbocycles. The first kappa shape index (κ1) is 18.1. The molecule has 3 aliphatic carbocycles. The van der Waals surface area contributed by atoms with Gasteiger partial charge in [0, 0.05) is 0 Å². The van der Waals surface area contributed by atoms with Crippen molar-refractivity contribution in [3.8, 4) is 0 Å². The summed E-state index contributed by atoms with van der Waals surface area (Å²) in [7, 11) is 0.0648. The lowest BCUT2D eigenvalue weighted by Gasteiger charge is -2.54. The lowest BCUT2D eigenvalue weighted by atomic mass is 9.52. The molecule has 1 saturated heterocycles. The fourth-order valence-corrected chi connectivity index (χ4v) is 4.02. The zero-order valence-electron chi connectivity index (χ0n) is 15.6. The van der Waals surface area contributed by atoms with Gasteiger partial charge in [0.15, 0.2) is 0 Å². The second-order valence-corrected chi connectivity index (χ2v) is 9.22. The van der Waals surface area contributed by atoms with Gasteiger partial charge in [-0.3, -0.25) is 0 Å². The van der Waals surface area contributed by atoms with E-state index in [1.54, 1.807) is 0 Å². The van der Waals surface area contributed by atoms with Crippen LogP contribution < -0.4 is 5.73 Å². The highest BCUT2D eigenvalue weighted by molar-refractivity contribution is 6.48. The van der Waals surface area contributed by atoms with Gasteiger partial charge in [0.2, 0.25) is 0 Å². The Morgan fingerprint density at radius 2 is 1.67 bits per heavy atom. The van der Waals surface area contributed by atoms with Crippen molar-refractivity contribution in [2.45, 2.75) is 89.7 Å². The van der Waals surface area contributed by atoms with E-state index < -0.39 is 6.09 Å². The number of rotatable bonds is 3. The summed E-state index contributed by atoms with van der Waals surface area (Å²) in [5.74, 6) is 1.27. The average molecular weight is 337 g/mol. The summed E-state index contributed by atoms with van der Waals surface area (Å²) in [6.07, 6.45) is 8.59. The van der Waals surface area contributed by atoms with Crippen LogP contribution in [0, 0.1) is 11.3 Å². The van der Waals surface area contributed by atoms with E-state index in [1.807, 2.05) is 0 Å². The molecule has 0 radical (unpaired) electrons. The molecule has 2 N–H and O–H groups in total. The summed E-state index contributed by atoms with van der Waals surface area (Å²) in [4.78, 5) is 10.3. The van der Waals surface area contributed by atoms with Crippen molar-refractivity contribution >= 4 is 13.2 Å². The quantitative estimate of drug-likeness (QED) is 0.793. The highest BCUT2D eigenvalue weighted by Crippen LogP contribution is 2.58. The summed E-state index contributed by atoms with van der Waals surface area (Å²) < 4.78 is 16.5. The fraction of sp³-hybridized carbons (Fsp3) is 0.944. The normalized spacial score (nSPS) is 29.2. The maximum absolute atomic E-state index is 10.3. The predicted molar refractivity (Wildman–Crippen MR) is 93.6 cm³/mol. The van der Waals surface area contributed by atoms with Gasteiger partial charge in [-0.2, -0.15) is 0 Å². The summed E-state index contributed by atoms with van der Waals surface area (Å²) >= 11 is 0. The molecule has 1 aliphatic heterocycles. The molecule has 136 valence electrons. The molecule has 1 spiro atoms. The lowest BCUT2D eigenvalue weighted by molar-refractivity contribution is -0.0478. The van der Waals surface area contributed by atoms with Crippen LogP contribution in [0.5, 0.6) is 0 Å². The van der Waals surface area contributed by atoms with Crippen molar-refractivity contribution in [1.29, 1.82) is 0 Å². The maximum Gasteiger partial charge on any atom is 0.461 e. The van der Waals surface area contributed by atoms with Crippen LogP contribution in [0.15, 0.2) is 0 Å². The average Bonchev–Trinajstić information content (AvgIpc) is 3.14. The molecular formula is C18H32BNO4. The third kappa shape index (κ3) is 3.74. The summed E-state index contributed by atoms with van der Waals surface area (Å²) in [6.45, 7) is 8.96. The number of carbonyl (C=O) groups is 1. The molecule has 0 bridgehead atoms. The second-order valence-electron chi connectivity index (χ2n) is 9.22. The second kappa shape index (κ2) is 6.20. The Morgan fingerprint density at radius 1 is 1.12 bits per heavy atom. The Bertz CT molecular complexity index is 461. The summed E-state index contributed by atoms with van der Waals surface area (Å²) in [5, 5.41) is 0. The lowest BCUT2D eigenvalue weighted by Crippen LogP contribution is -2.44. The third-order valence-corrected chi connectivity index (χ3v) is 6.60. The minimum Gasteiger partial charge on any atom is -0.449 e. The first-order valence-corrected chi connectivity index (χ1v) is 9.40. The van der Waals surface area contributed by atoms with Crippen LogP contribution in [0.25, 0.3) is 0 Å². The van der Waals surface area contributed by atoms with Gasteiger partial charge >= 0.3 is 13.2 Å². The molecule has 0 aromatic heterocycles. The van der Waals surface area contributed by atoms with E-state index in [-0.39, 0.29) is 18.3 Å². The Kier molecular flexibility index (Phi) is 4.67. The molecule has 0 aromatic rings. The van der Waals surface area contributed by atoms with Gasteiger partial charge in [-0.25, -0.2) is 4.79 Å². The molecule has 6 heteroatoms. The van der Waals surface area contributed by atoms with Crippen molar-refractivity contribution in [3.05, 3.63) is 0 Å². The summed E-state index contributed by atoms with van der Waals surface area (Å²) in [6, 6.07) is 0. The van der Waals surface area contributed by atoms with Crippen LogP contribution in [-0.4, -0.2) is 31.0 Å². The van der Waals surface area contributed by atoms with Gasteiger partial charge in [0.05, 0.1) is 17.8 Å². The van der Waals surface area contributed by atoms with Crippen molar-refractivity contribution < 1.29 is 18.8 Å². The van der Waals surface area contributed by atoms with Gasteiger partial charge in [0.25, 0.3) is 0 Å². The maximum atomic E-state index is 10.3. The van der Waals surface area contributed by atoms with Crippen LogP contribution in [0.3, 0.4) is 0 Å². The first-order chi connectivity index (χ1) is 11.1. The number of nitrogens with two attached hydrogens (primary N) is 1. The van der Waals surface area contributed by atoms with Crippen LogP contribution in [0.1, 0.15) is 72.6 Å². The van der Waals surface area contributed by atoms with Gasteiger partial charge in [0.1, 0.15) is 0 Å². The van der Waals surface area contributed by atoms with E-state index >= 15 is 0 Å². The Morgan fingerprint density at radius 3 is 2.04 bits per heavy atom. The highest BCUT2D eigenvalue weighted by Gasteiger charge is 2.56. The Balaban J connectivity index is 0.000000141. The van der Waals surface area contributed by atoms with E-state index in [0.29, 0.717) is 23.8 Å². The fourth-order valence-electron chi connectivity index (χ4n) is 4.02. The SMILES string of the molecule is CC1(C)OB(C2CC2)OC1(C)C.NC(=O)OCC1CC2(CCC2)C1. The minimum atomic E-state index is -0.635. The molecule has 4 rings (SSSR count). The van der Waals surface area contributed by atoms with Gasteiger partial charge in [-0.15, -0.1) is 0 Å². The smallest absolute Gasteiger partial charge is 0.449 e. The number of primary amides is 1. The standard InChI is InChI=1S/C9H17BO2.C9H15NO2/c1-8(2)9(3,4)12-10(11-8)7-5-6-7;10-8(11)12-6-7-4-9(5-7)2-1-3-9/h7H,5-6H2,1-4H3;7H,1-6H2,(H2,10,11). The monoisotopic (exact) mass is 337 g/mol. The molecule has 4 fully saturated rings. The Hall–Kier alpha value is -0.745. The number of carbonyl (C=O) groups excluding carboxylic acids is 1. The minimum absolute atomic E-state index is 0.0648. The van der Waals surface area contributed by atoms with Crippen molar-refractivity contribution in [2.24, 2.45) is 17.1 Å². The topological polar surface area (TPSA) is 70.8 Å². The van der Waals surface area contributed by atoms with Gasteiger partial charge in [-0.05, 0) is 70.5 Å². The highest BCUT2D eigenvalue weighted by atomic mass is 16.7. The van der Waals surface area contributed by atoms with Gasteiger partial charge in [-0.1, -0.05) is 19.3 Å². The number of hydrogen-bond acceptors (Lipinski definition) is 4. The molecule has 0 unspecified atom stereocenters. The van der Waals surface area contributed by atoms with Crippen LogP contribution in [0.2, 0.25) is 5.82 Å². The van der Waals surface area contributed by atoms with E-state index in [9.17, 15) is 4.79 Å². The van der Waals surface area contributed by atoms with Crippen LogP contribution in [-0.2, 0) is 14.0 Å². The summed E-state index contributed by atoms with van der Waals surface area (Å²) in [5.41, 5.74) is 5.27. The molecular weight excluding hydrogens is 305 g/mol. The molecule has 1 amide bonds. The van der Waals surface area contributed by atoms with Crippen molar-refractivity contribution in [3.63, 3.8) is 0 Å². The molecule has 0 atom stereocenters. The number of amides is 1. The van der Waals surface area contributed by atoms with Gasteiger partial charge < -0.3 is 19.8 Å². The van der Waals surface area contributed by atoms with E-state index in [0.717, 1.165) is 0 Å². The zero-order chi connectivity index (χ0) is 17.6. The van der Waals surface area contributed by atoms with E-state index in [4.69, 9.17) is 19.8 Å². The molecule has 4 aliphatic rings. The Labute approximate surface area is 146 Å². The molecule has 5 nitrogen and oxygen atoms in total. The van der Waals surface area contributed by atoms with E-state index in [2.05, 4.69) is 27.7 Å². The zero-order valence-corrected chi connectivity index (χ0v) is 15.6.